The van der Waals surface area contributed by atoms with Crippen molar-refractivity contribution in [1.82, 2.24) is 25.0 Å². The van der Waals surface area contributed by atoms with E-state index in [1.807, 2.05) is 19.0 Å². The van der Waals surface area contributed by atoms with E-state index in [1.54, 1.807) is 18.1 Å². The Morgan fingerprint density at radius 2 is 1.96 bits per heavy atom. The van der Waals surface area contributed by atoms with Crippen LogP contribution in [0.25, 0.3) is 0 Å². The van der Waals surface area contributed by atoms with Gasteiger partial charge in [-0.05, 0) is 24.0 Å². The van der Waals surface area contributed by atoms with E-state index in [-0.39, 0.29) is 0 Å². The number of aromatic nitrogens is 3. The van der Waals surface area contributed by atoms with E-state index in [0.29, 0.717) is 6.54 Å². The van der Waals surface area contributed by atoms with Crippen LogP contribution in [0.4, 0.5) is 0 Å². The maximum atomic E-state index is 4.33. The van der Waals surface area contributed by atoms with Crippen LogP contribution in [0.5, 0.6) is 0 Å². The van der Waals surface area contributed by atoms with E-state index in [1.165, 1.54) is 11.1 Å². The number of nitrogens with one attached hydrogen (secondary N) is 1. The highest BCUT2D eigenvalue weighted by atomic mass is 15.4. The first-order valence-corrected chi connectivity index (χ1v) is 7.96. The highest BCUT2D eigenvalue weighted by molar-refractivity contribution is 5.79. The lowest BCUT2D eigenvalue weighted by molar-refractivity contribution is 0.449. The minimum atomic E-state index is 0.668. The predicted octanol–water partition coefficient (Wildman–Crippen LogP) is 1.63. The molecule has 0 spiro atoms. The van der Waals surface area contributed by atoms with Crippen LogP contribution in [0.1, 0.15) is 23.9 Å². The molecule has 0 amide bonds. The summed E-state index contributed by atoms with van der Waals surface area (Å²) in [6.07, 6.45) is 3.62. The minimum absolute atomic E-state index is 0.668. The van der Waals surface area contributed by atoms with Gasteiger partial charge in [0.25, 0.3) is 0 Å². The topological polar surface area (TPSA) is 58.3 Å². The number of rotatable bonds is 6. The SMILES string of the molecule is CCc1ccc(CCNC(=NC)N(C)Cc2ncnn2C)cc1. The third-order valence-corrected chi connectivity index (χ3v) is 3.89. The lowest BCUT2D eigenvalue weighted by Gasteiger charge is -2.21. The quantitative estimate of drug-likeness (QED) is 0.650. The Morgan fingerprint density at radius 1 is 1.26 bits per heavy atom. The van der Waals surface area contributed by atoms with Gasteiger partial charge in [0.2, 0.25) is 0 Å². The van der Waals surface area contributed by atoms with Gasteiger partial charge in [-0.25, -0.2) is 4.98 Å². The second-order valence-corrected chi connectivity index (χ2v) is 5.55. The van der Waals surface area contributed by atoms with Gasteiger partial charge in [0.05, 0.1) is 6.54 Å². The molecule has 1 aromatic carbocycles. The molecule has 2 rings (SSSR count). The number of hydrogen-bond acceptors (Lipinski definition) is 3. The molecule has 6 heteroatoms. The molecule has 1 N–H and O–H groups in total. The highest BCUT2D eigenvalue weighted by Gasteiger charge is 2.09. The molecule has 0 unspecified atom stereocenters. The fourth-order valence-corrected chi connectivity index (χ4v) is 2.40. The molecule has 0 aliphatic carbocycles. The van der Waals surface area contributed by atoms with Crippen LogP contribution in [0.15, 0.2) is 35.6 Å². The molecular formula is C17H26N6. The Labute approximate surface area is 138 Å². The van der Waals surface area contributed by atoms with Gasteiger partial charge >= 0.3 is 0 Å². The van der Waals surface area contributed by atoms with E-state index in [9.17, 15) is 0 Å². The van der Waals surface area contributed by atoms with Gasteiger partial charge in [0.1, 0.15) is 12.2 Å². The summed E-state index contributed by atoms with van der Waals surface area (Å²) in [7, 11) is 5.69. The van der Waals surface area contributed by atoms with Gasteiger partial charge in [-0.1, -0.05) is 31.2 Å². The molecule has 23 heavy (non-hydrogen) atoms. The molecule has 2 aromatic rings. The van der Waals surface area contributed by atoms with Crippen LogP contribution < -0.4 is 5.32 Å². The van der Waals surface area contributed by atoms with Gasteiger partial charge in [-0.2, -0.15) is 5.10 Å². The maximum absolute atomic E-state index is 4.33. The fraction of sp³-hybridized carbons (Fsp3) is 0.471. The summed E-state index contributed by atoms with van der Waals surface area (Å²) in [5, 5.41) is 7.49. The first kappa shape index (κ1) is 17.0. The summed E-state index contributed by atoms with van der Waals surface area (Å²) in [6, 6.07) is 8.80. The average Bonchev–Trinajstić information content (AvgIpc) is 2.97. The maximum Gasteiger partial charge on any atom is 0.193 e. The van der Waals surface area contributed by atoms with Crippen molar-refractivity contribution in [1.29, 1.82) is 0 Å². The van der Waals surface area contributed by atoms with Crippen molar-refractivity contribution >= 4 is 5.96 Å². The molecule has 0 aliphatic rings. The normalized spacial score (nSPS) is 11.6. The average molecular weight is 314 g/mol. The number of nitrogens with zero attached hydrogens (tertiary/aromatic N) is 5. The Balaban J connectivity index is 1.83. The molecule has 0 saturated heterocycles. The van der Waals surface area contributed by atoms with Gasteiger partial charge < -0.3 is 10.2 Å². The molecule has 6 nitrogen and oxygen atoms in total. The van der Waals surface area contributed by atoms with Crippen molar-refractivity contribution in [2.24, 2.45) is 12.0 Å². The van der Waals surface area contributed by atoms with Crippen LogP contribution in [0, 0.1) is 0 Å². The van der Waals surface area contributed by atoms with E-state index < -0.39 is 0 Å². The van der Waals surface area contributed by atoms with Crippen LogP contribution in [0.2, 0.25) is 0 Å². The summed E-state index contributed by atoms with van der Waals surface area (Å²) < 4.78 is 1.78. The number of guanidine groups is 1. The molecular weight excluding hydrogens is 288 g/mol. The van der Waals surface area contributed by atoms with Gasteiger partial charge in [-0.3, -0.25) is 9.67 Å². The summed E-state index contributed by atoms with van der Waals surface area (Å²) in [5.41, 5.74) is 2.71. The van der Waals surface area contributed by atoms with Gasteiger partial charge in [0.15, 0.2) is 5.96 Å². The van der Waals surface area contributed by atoms with E-state index in [4.69, 9.17) is 0 Å². The third-order valence-electron chi connectivity index (χ3n) is 3.89. The van der Waals surface area contributed by atoms with Crippen molar-refractivity contribution in [3.8, 4) is 0 Å². The van der Waals surface area contributed by atoms with Gasteiger partial charge in [-0.15, -0.1) is 0 Å². The molecule has 124 valence electrons. The van der Waals surface area contributed by atoms with Crippen molar-refractivity contribution in [3.63, 3.8) is 0 Å². The Kier molecular flexibility index (Phi) is 6.14. The van der Waals surface area contributed by atoms with E-state index in [2.05, 4.69) is 51.6 Å². The molecule has 1 aromatic heterocycles. The van der Waals surface area contributed by atoms with Crippen molar-refractivity contribution in [2.75, 3.05) is 20.6 Å². The van der Waals surface area contributed by atoms with Crippen LogP contribution in [0.3, 0.4) is 0 Å². The summed E-state index contributed by atoms with van der Waals surface area (Å²) in [6.45, 7) is 3.69. The van der Waals surface area contributed by atoms with E-state index in [0.717, 1.165) is 31.2 Å². The first-order chi connectivity index (χ1) is 11.1. The molecule has 0 fully saturated rings. The molecule has 0 radical (unpaired) electrons. The third kappa shape index (κ3) is 4.81. The zero-order chi connectivity index (χ0) is 16.7. The predicted molar refractivity (Wildman–Crippen MR) is 93.4 cm³/mol. The summed E-state index contributed by atoms with van der Waals surface area (Å²) >= 11 is 0. The van der Waals surface area contributed by atoms with Crippen molar-refractivity contribution < 1.29 is 0 Å². The number of aryl methyl sites for hydroxylation is 2. The van der Waals surface area contributed by atoms with Crippen LogP contribution in [-0.2, 0) is 26.4 Å². The van der Waals surface area contributed by atoms with Crippen molar-refractivity contribution in [3.05, 3.63) is 47.5 Å². The fourth-order valence-electron chi connectivity index (χ4n) is 2.40. The minimum Gasteiger partial charge on any atom is -0.356 e. The lowest BCUT2D eigenvalue weighted by atomic mass is 10.1. The number of aliphatic imine (C=N–C) groups is 1. The standard InChI is InChI=1S/C17H26N6/c1-5-14-6-8-15(9-7-14)10-11-19-17(18-2)22(3)12-16-20-13-21-23(16)4/h6-9,13H,5,10-12H2,1-4H3,(H,18,19). The zero-order valence-corrected chi connectivity index (χ0v) is 14.5. The number of hydrogen-bond donors (Lipinski definition) is 1. The molecule has 1 heterocycles. The highest BCUT2D eigenvalue weighted by Crippen LogP contribution is 2.05. The van der Waals surface area contributed by atoms with Gasteiger partial charge in [0, 0.05) is 27.7 Å². The number of benzene rings is 1. The second-order valence-electron chi connectivity index (χ2n) is 5.55. The molecule has 0 aliphatic heterocycles. The van der Waals surface area contributed by atoms with Crippen LogP contribution in [-0.4, -0.2) is 46.3 Å². The smallest absolute Gasteiger partial charge is 0.193 e. The van der Waals surface area contributed by atoms with Crippen molar-refractivity contribution in [2.45, 2.75) is 26.3 Å². The molecule has 0 saturated carbocycles. The van der Waals surface area contributed by atoms with Crippen LogP contribution >= 0.6 is 0 Å². The summed E-state index contributed by atoms with van der Waals surface area (Å²) in [5.74, 6) is 1.77. The lowest BCUT2D eigenvalue weighted by Crippen LogP contribution is -2.39. The Bertz CT molecular complexity index is 629. The molecule has 0 bridgehead atoms. The summed E-state index contributed by atoms with van der Waals surface area (Å²) in [4.78, 5) is 10.6. The second kappa shape index (κ2) is 8.31. The zero-order valence-electron chi connectivity index (χ0n) is 14.5. The largest absolute Gasteiger partial charge is 0.356 e. The Hall–Kier alpha value is -2.37. The monoisotopic (exact) mass is 314 g/mol. The molecule has 0 atom stereocenters. The Morgan fingerprint density at radius 3 is 2.52 bits per heavy atom. The first-order valence-electron chi connectivity index (χ1n) is 7.96. The van der Waals surface area contributed by atoms with E-state index >= 15 is 0 Å².